The number of amides is 1. The Labute approximate surface area is 184 Å². The van der Waals surface area contributed by atoms with E-state index in [-0.39, 0.29) is 11.9 Å². The smallest absolute Gasteiger partial charge is 0.497 e. The van der Waals surface area contributed by atoms with E-state index in [9.17, 15) is 4.79 Å². The van der Waals surface area contributed by atoms with Crippen LogP contribution in [0.3, 0.4) is 0 Å². The van der Waals surface area contributed by atoms with Crippen LogP contribution in [-0.2, 0) is 14.0 Å². The molecule has 2 aliphatic rings. The molecule has 0 saturated carbocycles. The average Bonchev–Trinajstić information content (AvgIpc) is 2.87. The predicted octanol–water partition coefficient (Wildman–Crippen LogP) is 3.19. The largest absolute Gasteiger partial charge is 0.498 e. The number of ether oxygens (including phenoxy) is 2. The minimum absolute atomic E-state index is 0.346. The van der Waals surface area contributed by atoms with Crippen molar-refractivity contribution in [2.45, 2.75) is 65.3 Å². The molecule has 1 amide bonds. The van der Waals surface area contributed by atoms with Crippen LogP contribution in [0.25, 0.3) is 0 Å². The lowest BCUT2D eigenvalue weighted by Crippen LogP contribution is -2.50. The molecular formula is C22H34BFN2O5. The second-order valence-electron chi connectivity index (χ2n) is 10.1. The Morgan fingerprint density at radius 2 is 1.61 bits per heavy atom. The molecule has 2 aliphatic heterocycles. The minimum Gasteiger partial charge on any atom is -0.497 e. The van der Waals surface area contributed by atoms with Gasteiger partial charge in [-0.05, 0) is 54.5 Å². The molecule has 2 heterocycles. The molecule has 0 unspecified atom stereocenters. The molecule has 0 radical (unpaired) electrons. The molecule has 0 aliphatic carbocycles. The number of hydrogen-bond donors (Lipinski definition) is 0. The third kappa shape index (κ3) is 4.93. The van der Waals surface area contributed by atoms with Crippen LogP contribution < -0.4 is 15.1 Å². The van der Waals surface area contributed by atoms with Gasteiger partial charge < -0.3 is 28.6 Å². The van der Waals surface area contributed by atoms with E-state index in [0.29, 0.717) is 43.1 Å². The van der Waals surface area contributed by atoms with Crippen LogP contribution in [0, 0.1) is 5.82 Å². The lowest BCUT2D eigenvalue weighted by Gasteiger charge is -2.37. The van der Waals surface area contributed by atoms with E-state index in [1.165, 1.54) is 6.07 Å². The number of carbonyl (C=O) groups is 1. The minimum atomic E-state index is -0.715. The van der Waals surface area contributed by atoms with Gasteiger partial charge in [-0.3, -0.25) is 0 Å². The van der Waals surface area contributed by atoms with Gasteiger partial charge >= 0.3 is 13.2 Å². The van der Waals surface area contributed by atoms with Crippen LogP contribution in [0.2, 0.25) is 0 Å². The van der Waals surface area contributed by atoms with Crippen LogP contribution in [0.1, 0.15) is 48.5 Å². The summed E-state index contributed by atoms with van der Waals surface area (Å²) in [5, 5.41) is 0. The monoisotopic (exact) mass is 436 g/mol. The number of hydrogen-bond acceptors (Lipinski definition) is 6. The summed E-state index contributed by atoms with van der Waals surface area (Å²) in [5.74, 6) is 0.126. The van der Waals surface area contributed by atoms with Gasteiger partial charge in [0.2, 0.25) is 0 Å². The highest BCUT2D eigenvalue weighted by atomic mass is 19.1. The van der Waals surface area contributed by atoms with Gasteiger partial charge in [-0.2, -0.15) is 0 Å². The Bertz CT molecular complexity index is 816. The normalized spacial score (nSPS) is 20.7. The zero-order valence-corrected chi connectivity index (χ0v) is 19.9. The fraction of sp³-hybridized carbons (Fsp3) is 0.682. The van der Waals surface area contributed by atoms with Crippen molar-refractivity contribution in [2.75, 3.05) is 38.2 Å². The molecule has 3 rings (SSSR count). The average molecular weight is 436 g/mol. The Morgan fingerprint density at radius 1 is 1.06 bits per heavy atom. The van der Waals surface area contributed by atoms with Crippen molar-refractivity contribution in [1.29, 1.82) is 0 Å². The standard InChI is InChI=1S/C22H34BFN2O5/c1-20(2,3)29-19(27)26-11-9-25(10-12-26)17-14-18(28-8)15(13-16(17)24)23-30-21(4,5)22(6,7)31-23/h13-14H,9-12H2,1-8H3. The number of halogens is 1. The summed E-state index contributed by atoms with van der Waals surface area (Å²) in [7, 11) is 0.833. The molecule has 0 atom stereocenters. The van der Waals surface area contributed by atoms with Gasteiger partial charge in [0, 0.05) is 37.7 Å². The van der Waals surface area contributed by atoms with Crippen molar-refractivity contribution in [2.24, 2.45) is 0 Å². The first-order valence-corrected chi connectivity index (χ1v) is 10.7. The quantitative estimate of drug-likeness (QED) is 0.679. The van der Waals surface area contributed by atoms with Crippen LogP contribution in [-0.4, -0.2) is 68.2 Å². The van der Waals surface area contributed by atoms with Crippen LogP contribution in [0.15, 0.2) is 12.1 Å². The molecule has 0 bridgehead atoms. The molecule has 2 saturated heterocycles. The lowest BCUT2D eigenvalue weighted by atomic mass is 9.78. The van der Waals surface area contributed by atoms with E-state index in [1.54, 1.807) is 18.1 Å². The molecule has 7 nitrogen and oxygen atoms in total. The molecule has 31 heavy (non-hydrogen) atoms. The number of methoxy groups -OCH3 is 1. The van der Waals surface area contributed by atoms with E-state index in [4.69, 9.17) is 18.8 Å². The van der Waals surface area contributed by atoms with Crippen molar-refractivity contribution in [1.82, 2.24) is 4.90 Å². The Balaban J connectivity index is 1.75. The summed E-state index contributed by atoms with van der Waals surface area (Å²) in [6.45, 7) is 15.2. The van der Waals surface area contributed by atoms with Gasteiger partial charge in [0.15, 0.2) is 0 Å². The molecule has 1 aromatic carbocycles. The van der Waals surface area contributed by atoms with E-state index < -0.39 is 23.9 Å². The summed E-state index contributed by atoms with van der Waals surface area (Å²) in [4.78, 5) is 15.8. The summed E-state index contributed by atoms with van der Waals surface area (Å²) >= 11 is 0. The molecule has 1 aromatic rings. The Kier molecular flexibility index (Phi) is 6.23. The molecular weight excluding hydrogens is 402 g/mol. The maximum absolute atomic E-state index is 15.2. The van der Waals surface area contributed by atoms with Crippen molar-refractivity contribution < 1.29 is 28.0 Å². The van der Waals surface area contributed by atoms with Gasteiger partial charge in [-0.25, -0.2) is 9.18 Å². The summed E-state index contributed by atoms with van der Waals surface area (Å²) in [6, 6.07) is 3.11. The third-order valence-electron chi connectivity index (χ3n) is 6.08. The number of benzene rings is 1. The Hall–Kier alpha value is -2.00. The SMILES string of the molecule is COc1cc(N2CCN(C(=O)OC(C)(C)C)CC2)c(F)cc1B1OC(C)(C)C(C)(C)O1. The number of rotatable bonds is 3. The highest BCUT2D eigenvalue weighted by Crippen LogP contribution is 2.38. The van der Waals surface area contributed by atoms with E-state index in [0.717, 1.165) is 0 Å². The van der Waals surface area contributed by atoms with E-state index in [2.05, 4.69) is 0 Å². The maximum atomic E-state index is 15.2. The second-order valence-corrected chi connectivity index (χ2v) is 10.1. The second kappa shape index (κ2) is 8.17. The molecule has 0 aromatic heterocycles. The molecule has 172 valence electrons. The zero-order chi connectivity index (χ0) is 23.2. The Morgan fingerprint density at radius 3 is 2.10 bits per heavy atom. The predicted molar refractivity (Wildman–Crippen MR) is 119 cm³/mol. The first-order valence-electron chi connectivity index (χ1n) is 10.7. The number of nitrogens with zero attached hydrogens (tertiary/aromatic N) is 2. The van der Waals surface area contributed by atoms with Crippen molar-refractivity contribution >= 4 is 24.4 Å². The molecule has 2 fully saturated rings. The van der Waals surface area contributed by atoms with Crippen LogP contribution >= 0.6 is 0 Å². The van der Waals surface area contributed by atoms with Crippen LogP contribution in [0.4, 0.5) is 14.9 Å². The number of carbonyl (C=O) groups excluding carboxylic acids is 1. The fourth-order valence-electron chi connectivity index (χ4n) is 3.59. The summed E-state index contributed by atoms with van der Waals surface area (Å²) < 4.78 is 38.3. The first-order chi connectivity index (χ1) is 14.2. The van der Waals surface area contributed by atoms with Gasteiger partial charge in [-0.1, -0.05) is 0 Å². The van der Waals surface area contributed by atoms with E-state index in [1.807, 2.05) is 53.4 Å². The molecule has 0 spiro atoms. The third-order valence-corrected chi connectivity index (χ3v) is 6.08. The molecule has 0 N–H and O–H groups in total. The van der Waals surface area contributed by atoms with E-state index >= 15 is 4.39 Å². The van der Waals surface area contributed by atoms with Gasteiger partial charge in [0.1, 0.15) is 17.2 Å². The zero-order valence-electron chi connectivity index (χ0n) is 19.9. The van der Waals surface area contributed by atoms with Gasteiger partial charge in [-0.15, -0.1) is 0 Å². The van der Waals surface area contributed by atoms with Gasteiger partial charge in [0.05, 0.1) is 24.0 Å². The molecule has 9 heteroatoms. The van der Waals surface area contributed by atoms with Crippen LogP contribution in [0.5, 0.6) is 5.75 Å². The van der Waals surface area contributed by atoms with Crippen molar-refractivity contribution in [3.05, 3.63) is 17.9 Å². The number of piperazine rings is 1. The number of anilines is 1. The van der Waals surface area contributed by atoms with Crippen molar-refractivity contribution in [3.8, 4) is 5.75 Å². The van der Waals surface area contributed by atoms with Gasteiger partial charge in [0.25, 0.3) is 0 Å². The maximum Gasteiger partial charge on any atom is 0.498 e. The van der Waals surface area contributed by atoms with Crippen molar-refractivity contribution in [3.63, 3.8) is 0 Å². The fourth-order valence-corrected chi connectivity index (χ4v) is 3.59. The topological polar surface area (TPSA) is 60.5 Å². The lowest BCUT2D eigenvalue weighted by molar-refractivity contribution is 0.00578. The first kappa shape index (κ1) is 23.7. The summed E-state index contributed by atoms with van der Waals surface area (Å²) in [6.07, 6.45) is -0.346. The highest BCUT2D eigenvalue weighted by Gasteiger charge is 2.52. The highest BCUT2D eigenvalue weighted by molar-refractivity contribution is 6.63. The summed E-state index contributed by atoms with van der Waals surface area (Å²) in [5.41, 5.74) is -0.654.